The Morgan fingerprint density at radius 1 is 1.40 bits per heavy atom. The van der Waals surface area contributed by atoms with Gasteiger partial charge in [0.25, 0.3) is 0 Å². The van der Waals surface area contributed by atoms with Gasteiger partial charge in [-0.2, -0.15) is 5.10 Å². The number of aromatic amines is 1. The van der Waals surface area contributed by atoms with Crippen molar-refractivity contribution in [2.75, 3.05) is 13.7 Å². The Hall–Kier alpha value is -1.57. The third-order valence-electron chi connectivity index (χ3n) is 2.68. The van der Waals surface area contributed by atoms with Crippen molar-refractivity contribution in [3.05, 3.63) is 41.2 Å². The summed E-state index contributed by atoms with van der Waals surface area (Å²) in [7, 11) is -2.12. The summed E-state index contributed by atoms with van der Waals surface area (Å²) in [5, 5.41) is 6.81. The number of hydrogen-bond acceptors (Lipinski definition) is 4. The first-order valence-corrected chi connectivity index (χ1v) is 7.70. The molecule has 8 heteroatoms. The van der Waals surface area contributed by atoms with Gasteiger partial charge >= 0.3 is 0 Å². The van der Waals surface area contributed by atoms with Gasteiger partial charge in [0, 0.05) is 24.9 Å². The molecule has 0 saturated heterocycles. The molecule has 0 aliphatic rings. The van der Waals surface area contributed by atoms with E-state index in [1.807, 2.05) is 0 Å². The van der Waals surface area contributed by atoms with Crippen LogP contribution >= 0.6 is 11.6 Å². The number of benzene rings is 1. The fraction of sp³-hybridized carbons (Fsp3) is 0.250. The van der Waals surface area contributed by atoms with Gasteiger partial charge in [0.15, 0.2) is 0 Å². The van der Waals surface area contributed by atoms with E-state index in [9.17, 15) is 8.42 Å². The first-order valence-electron chi connectivity index (χ1n) is 5.84. The average molecular weight is 316 g/mol. The first-order chi connectivity index (χ1) is 9.53. The monoisotopic (exact) mass is 315 g/mol. The van der Waals surface area contributed by atoms with Gasteiger partial charge < -0.3 is 4.74 Å². The van der Waals surface area contributed by atoms with Crippen molar-refractivity contribution in [3.8, 4) is 5.75 Å². The van der Waals surface area contributed by atoms with Crippen molar-refractivity contribution in [1.29, 1.82) is 0 Å². The van der Waals surface area contributed by atoms with E-state index in [1.54, 1.807) is 12.3 Å². The minimum atomic E-state index is -3.59. The predicted octanol–water partition coefficient (Wildman–Crippen LogP) is 1.59. The number of ether oxygens (including phenoxy) is 1. The van der Waals surface area contributed by atoms with Crippen LogP contribution in [0.5, 0.6) is 5.75 Å². The molecule has 0 radical (unpaired) electrons. The van der Waals surface area contributed by atoms with Crippen LogP contribution in [0.4, 0.5) is 0 Å². The summed E-state index contributed by atoms with van der Waals surface area (Å²) in [4.78, 5) is 0.105. The molecule has 1 heterocycles. The van der Waals surface area contributed by atoms with Crippen molar-refractivity contribution in [3.63, 3.8) is 0 Å². The minimum absolute atomic E-state index is 0.105. The molecule has 0 atom stereocenters. The molecule has 1 aromatic carbocycles. The lowest BCUT2D eigenvalue weighted by Crippen LogP contribution is -2.26. The highest BCUT2D eigenvalue weighted by Crippen LogP contribution is 2.26. The van der Waals surface area contributed by atoms with Gasteiger partial charge in [-0.15, -0.1) is 0 Å². The molecule has 0 aliphatic carbocycles. The van der Waals surface area contributed by atoms with E-state index in [1.165, 1.54) is 25.3 Å². The smallest absolute Gasteiger partial charge is 0.240 e. The van der Waals surface area contributed by atoms with Gasteiger partial charge in [-0.25, -0.2) is 13.1 Å². The number of hydrogen-bond donors (Lipinski definition) is 2. The fourth-order valence-electron chi connectivity index (χ4n) is 1.64. The highest BCUT2D eigenvalue weighted by molar-refractivity contribution is 7.89. The molecule has 0 saturated carbocycles. The predicted molar refractivity (Wildman–Crippen MR) is 75.5 cm³/mol. The lowest BCUT2D eigenvalue weighted by Gasteiger charge is -2.08. The summed E-state index contributed by atoms with van der Waals surface area (Å²) in [6, 6.07) is 6.12. The number of methoxy groups -OCH3 is 1. The zero-order valence-corrected chi connectivity index (χ0v) is 12.3. The molecule has 0 spiro atoms. The zero-order chi connectivity index (χ0) is 14.6. The van der Waals surface area contributed by atoms with E-state index >= 15 is 0 Å². The van der Waals surface area contributed by atoms with Gasteiger partial charge in [-0.1, -0.05) is 11.6 Å². The second-order valence-electron chi connectivity index (χ2n) is 4.03. The van der Waals surface area contributed by atoms with Crippen LogP contribution in [-0.4, -0.2) is 32.3 Å². The quantitative estimate of drug-likeness (QED) is 0.848. The van der Waals surface area contributed by atoms with Gasteiger partial charge in [0.05, 0.1) is 17.0 Å². The Bertz CT molecular complexity index is 671. The molecule has 2 N–H and O–H groups in total. The molecule has 2 aromatic rings. The summed E-state index contributed by atoms with van der Waals surface area (Å²) < 4.78 is 31.6. The topological polar surface area (TPSA) is 84.1 Å². The van der Waals surface area contributed by atoms with Gasteiger partial charge in [0.2, 0.25) is 10.0 Å². The largest absolute Gasteiger partial charge is 0.495 e. The van der Waals surface area contributed by atoms with Gasteiger partial charge in [-0.3, -0.25) is 5.10 Å². The Kier molecular flexibility index (Phi) is 4.64. The molecule has 0 fully saturated rings. The van der Waals surface area contributed by atoms with Crippen LogP contribution in [0.25, 0.3) is 0 Å². The van der Waals surface area contributed by atoms with Crippen molar-refractivity contribution in [1.82, 2.24) is 14.9 Å². The van der Waals surface area contributed by atoms with E-state index in [0.29, 0.717) is 12.2 Å². The number of rotatable bonds is 6. The number of H-pyrrole nitrogens is 1. The summed E-state index contributed by atoms with van der Waals surface area (Å²) >= 11 is 5.92. The summed E-state index contributed by atoms with van der Waals surface area (Å²) in [6.07, 6.45) is 2.15. The first kappa shape index (κ1) is 14.8. The standard InChI is InChI=1S/C12H14ClN3O3S/c1-19-12-3-2-10(8-11(12)13)20(17,18)15-7-5-9-4-6-14-16-9/h2-4,6,8,15H,5,7H2,1H3,(H,14,16). The molecule has 0 bridgehead atoms. The lowest BCUT2D eigenvalue weighted by atomic mass is 10.3. The van der Waals surface area contributed by atoms with E-state index in [0.717, 1.165) is 5.69 Å². The highest BCUT2D eigenvalue weighted by Gasteiger charge is 2.15. The van der Waals surface area contributed by atoms with Crippen molar-refractivity contribution >= 4 is 21.6 Å². The number of nitrogens with one attached hydrogen (secondary N) is 2. The molecule has 0 aliphatic heterocycles. The molecule has 6 nitrogen and oxygen atoms in total. The van der Waals surface area contributed by atoms with Crippen molar-refractivity contribution in [2.24, 2.45) is 0 Å². The van der Waals surface area contributed by atoms with Crippen LogP contribution in [0.3, 0.4) is 0 Å². The van der Waals surface area contributed by atoms with E-state index in [2.05, 4.69) is 14.9 Å². The minimum Gasteiger partial charge on any atom is -0.495 e. The van der Waals surface area contributed by atoms with Crippen LogP contribution in [0, 0.1) is 0 Å². The Morgan fingerprint density at radius 2 is 2.20 bits per heavy atom. The average Bonchev–Trinajstić information content (AvgIpc) is 2.91. The van der Waals surface area contributed by atoms with Gasteiger partial charge in [0.1, 0.15) is 5.75 Å². The van der Waals surface area contributed by atoms with Crippen LogP contribution < -0.4 is 9.46 Å². The SMILES string of the molecule is COc1ccc(S(=O)(=O)NCCc2ccn[nH]2)cc1Cl. The van der Waals surface area contributed by atoms with Crippen molar-refractivity contribution < 1.29 is 13.2 Å². The number of nitrogens with zero attached hydrogens (tertiary/aromatic N) is 1. The zero-order valence-electron chi connectivity index (χ0n) is 10.8. The fourth-order valence-corrected chi connectivity index (χ4v) is 3.02. The number of halogens is 1. The van der Waals surface area contributed by atoms with E-state index < -0.39 is 10.0 Å². The maximum absolute atomic E-state index is 12.1. The molecule has 20 heavy (non-hydrogen) atoms. The molecule has 1 aromatic heterocycles. The second kappa shape index (κ2) is 6.25. The summed E-state index contributed by atoms with van der Waals surface area (Å²) in [5.74, 6) is 0.433. The van der Waals surface area contributed by atoms with Gasteiger partial charge in [-0.05, 0) is 24.3 Å². The summed E-state index contributed by atoms with van der Waals surface area (Å²) in [5.41, 5.74) is 0.862. The Labute approximate surface area is 122 Å². The van der Waals surface area contributed by atoms with E-state index in [-0.39, 0.29) is 16.5 Å². The van der Waals surface area contributed by atoms with Crippen LogP contribution in [0.15, 0.2) is 35.4 Å². The van der Waals surface area contributed by atoms with E-state index in [4.69, 9.17) is 16.3 Å². The third-order valence-corrected chi connectivity index (χ3v) is 4.43. The highest BCUT2D eigenvalue weighted by atomic mass is 35.5. The summed E-state index contributed by atoms with van der Waals surface area (Å²) in [6.45, 7) is 0.272. The second-order valence-corrected chi connectivity index (χ2v) is 6.20. The Balaban J connectivity index is 2.04. The van der Waals surface area contributed by atoms with Crippen molar-refractivity contribution in [2.45, 2.75) is 11.3 Å². The number of sulfonamides is 1. The lowest BCUT2D eigenvalue weighted by molar-refractivity contribution is 0.414. The molecule has 0 unspecified atom stereocenters. The normalized spacial score (nSPS) is 11.5. The molecular formula is C12H14ClN3O3S. The maximum atomic E-state index is 12.1. The molecular weight excluding hydrogens is 302 g/mol. The Morgan fingerprint density at radius 3 is 2.80 bits per heavy atom. The molecule has 2 rings (SSSR count). The number of aromatic nitrogens is 2. The van der Waals surface area contributed by atoms with Crippen LogP contribution in [-0.2, 0) is 16.4 Å². The maximum Gasteiger partial charge on any atom is 0.240 e. The third kappa shape index (κ3) is 3.50. The molecule has 108 valence electrons. The molecule has 0 amide bonds. The van der Waals surface area contributed by atoms with Crippen LogP contribution in [0.1, 0.15) is 5.69 Å². The van der Waals surface area contributed by atoms with Crippen LogP contribution in [0.2, 0.25) is 5.02 Å².